The van der Waals surface area contributed by atoms with Gasteiger partial charge in [0.2, 0.25) is 5.91 Å². The average molecular weight is 508 g/mol. The number of fused-ring (bicyclic) bond motifs is 1. The number of hydrogen-bond donors (Lipinski definition) is 1. The van der Waals surface area contributed by atoms with E-state index in [4.69, 9.17) is 0 Å². The van der Waals surface area contributed by atoms with E-state index < -0.39 is 6.04 Å². The Bertz CT molecular complexity index is 1300. The highest BCUT2D eigenvalue weighted by molar-refractivity contribution is 7.20. The number of aromatic nitrogens is 2. The maximum Gasteiger partial charge on any atom is 0.264 e. The van der Waals surface area contributed by atoms with Crippen LogP contribution in [0.5, 0.6) is 0 Å². The standard InChI is InChI=1S/C27H33N5O3S/c1-18-22-25(28-17-32(26(22)34)19(2)24(33)29-20-9-5-3-6-10-20)36-23(18)27(35)31-15-13-30(14-16-31)21-11-7-4-8-12-21/h4,7-8,11-12,17,19-20H,3,5-6,9-10,13-16H2,1-2H3,(H,29,33). The number of amides is 2. The van der Waals surface area contributed by atoms with Crippen LogP contribution in [0.15, 0.2) is 41.5 Å². The first kappa shape index (κ1) is 24.5. The predicted octanol–water partition coefficient (Wildman–Crippen LogP) is 3.74. The van der Waals surface area contributed by atoms with Gasteiger partial charge in [-0.3, -0.25) is 19.0 Å². The third-order valence-corrected chi connectivity index (χ3v) is 8.69. The van der Waals surface area contributed by atoms with Gasteiger partial charge < -0.3 is 15.1 Å². The molecule has 0 bridgehead atoms. The molecule has 8 nitrogen and oxygen atoms in total. The van der Waals surface area contributed by atoms with Crippen LogP contribution in [-0.2, 0) is 4.79 Å². The van der Waals surface area contributed by atoms with E-state index in [1.165, 1.54) is 28.7 Å². The van der Waals surface area contributed by atoms with Crippen LogP contribution in [0.4, 0.5) is 5.69 Å². The highest BCUT2D eigenvalue weighted by atomic mass is 32.1. The summed E-state index contributed by atoms with van der Waals surface area (Å²) in [5.74, 6) is -0.220. The number of aryl methyl sites for hydroxylation is 1. The van der Waals surface area contributed by atoms with Crippen molar-refractivity contribution in [2.24, 2.45) is 0 Å². The number of carbonyl (C=O) groups is 2. The third-order valence-electron chi connectivity index (χ3n) is 7.51. The van der Waals surface area contributed by atoms with Crippen LogP contribution in [0.2, 0.25) is 0 Å². The Morgan fingerprint density at radius 2 is 1.75 bits per heavy atom. The lowest BCUT2D eigenvalue weighted by Crippen LogP contribution is -2.48. The molecule has 190 valence electrons. The number of nitrogens with zero attached hydrogens (tertiary/aromatic N) is 4. The molecule has 36 heavy (non-hydrogen) atoms. The number of rotatable bonds is 5. The van der Waals surface area contributed by atoms with Crippen molar-refractivity contribution in [2.75, 3.05) is 31.1 Å². The molecule has 0 radical (unpaired) electrons. The highest BCUT2D eigenvalue weighted by Crippen LogP contribution is 2.29. The van der Waals surface area contributed by atoms with Crippen molar-refractivity contribution in [2.45, 2.75) is 58.0 Å². The van der Waals surface area contributed by atoms with Gasteiger partial charge >= 0.3 is 0 Å². The Morgan fingerprint density at radius 1 is 1.06 bits per heavy atom. The summed E-state index contributed by atoms with van der Waals surface area (Å²) < 4.78 is 1.40. The van der Waals surface area contributed by atoms with Crippen molar-refractivity contribution >= 4 is 39.1 Å². The Labute approximate surface area is 214 Å². The summed E-state index contributed by atoms with van der Waals surface area (Å²) in [5, 5.41) is 3.54. The molecule has 3 aromatic rings. The maximum absolute atomic E-state index is 13.4. The van der Waals surface area contributed by atoms with Crippen LogP contribution in [0, 0.1) is 6.92 Å². The monoisotopic (exact) mass is 507 g/mol. The van der Waals surface area contributed by atoms with E-state index in [1.54, 1.807) is 6.92 Å². The van der Waals surface area contributed by atoms with Gasteiger partial charge in [-0.15, -0.1) is 11.3 Å². The number of hydrogen-bond acceptors (Lipinski definition) is 6. The fraction of sp³-hybridized carbons (Fsp3) is 0.481. The minimum atomic E-state index is -0.666. The summed E-state index contributed by atoms with van der Waals surface area (Å²) >= 11 is 1.26. The molecular formula is C27H33N5O3S. The molecular weight excluding hydrogens is 474 g/mol. The van der Waals surface area contributed by atoms with Crippen molar-refractivity contribution in [3.05, 3.63) is 57.5 Å². The summed E-state index contributed by atoms with van der Waals surface area (Å²) in [6, 6.07) is 9.72. The summed E-state index contributed by atoms with van der Waals surface area (Å²) in [6.07, 6.45) is 6.87. The number of piperazine rings is 1. The number of benzene rings is 1. The minimum absolute atomic E-state index is 0.0581. The van der Waals surface area contributed by atoms with E-state index in [1.807, 2.05) is 30.0 Å². The highest BCUT2D eigenvalue weighted by Gasteiger charge is 2.28. The lowest BCUT2D eigenvalue weighted by Gasteiger charge is -2.36. The SMILES string of the molecule is Cc1c(C(=O)N2CCN(c3ccccc3)CC2)sc2ncn(C(C)C(=O)NC3CCCCC3)c(=O)c12. The van der Waals surface area contributed by atoms with Gasteiger partial charge in [-0.2, -0.15) is 0 Å². The first-order valence-corrected chi connectivity index (χ1v) is 13.7. The zero-order valence-corrected chi connectivity index (χ0v) is 21.7. The second-order valence-electron chi connectivity index (χ2n) is 9.83. The Kier molecular flexibility index (Phi) is 7.09. The molecule has 2 amide bonds. The van der Waals surface area contributed by atoms with Crippen molar-refractivity contribution < 1.29 is 9.59 Å². The minimum Gasteiger partial charge on any atom is -0.368 e. The first-order chi connectivity index (χ1) is 17.4. The van der Waals surface area contributed by atoms with Crippen molar-refractivity contribution in [1.29, 1.82) is 0 Å². The Balaban J connectivity index is 1.32. The van der Waals surface area contributed by atoms with Gasteiger partial charge in [0.25, 0.3) is 11.5 Å². The summed E-state index contributed by atoms with van der Waals surface area (Å²) in [6.45, 7) is 6.31. The van der Waals surface area contributed by atoms with Crippen molar-refractivity contribution in [3.63, 3.8) is 0 Å². The molecule has 0 spiro atoms. The van der Waals surface area contributed by atoms with Gasteiger partial charge in [-0.1, -0.05) is 37.5 Å². The fourth-order valence-corrected chi connectivity index (χ4v) is 6.37. The van der Waals surface area contributed by atoms with Gasteiger partial charge in [0.1, 0.15) is 10.9 Å². The molecule has 2 fully saturated rings. The Morgan fingerprint density at radius 3 is 2.44 bits per heavy atom. The summed E-state index contributed by atoms with van der Waals surface area (Å²) in [4.78, 5) is 49.4. The zero-order valence-electron chi connectivity index (χ0n) is 20.9. The smallest absolute Gasteiger partial charge is 0.264 e. The largest absolute Gasteiger partial charge is 0.368 e. The lowest BCUT2D eigenvalue weighted by atomic mass is 9.95. The van der Waals surface area contributed by atoms with Gasteiger partial charge in [-0.25, -0.2) is 4.98 Å². The molecule has 2 aliphatic rings. The van der Waals surface area contributed by atoms with Gasteiger partial charge in [0.05, 0.1) is 16.6 Å². The van der Waals surface area contributed by atoms with Crippen LogP contribution in [-0.4, -0.2) is 58.5 Å². The van der Waals surface area contributed by atoms with Crippen LogP contribution < -0.4 is 15.8 Å². The molecule has 1 aliphatic heterocycles. The van der Waals surface area contributed by atoms with E-state index in [9.17, 15) is 14.4 Å². The van der Waals surface area contributed by atoms with Crippen LogP contribution in [0.25, 0.3) is 10.2 Å². The van der Waals surface area contributed by atoms with Crippen LogP contribution in [0.1, 0.15) is 60.3 Å². The van der Waals surface area contributed by atoms with E-state index in [0.29, 0.717) is 33.7 Å². The number of para-hydroxylation sites is 1. The summed E-state index contributed by atoms with van der Waals surface area (Å²) in [5.41, 5.74) is 1.54. The second kappa shape index (κ2) is 10.4. The summed E-state index contributed by atoms with van der Waals surface area (Å²) in [7, 11) is 0. The molecule has 1 atom stereocenters. The zero-order chi connectivity index (χ0) is 25.2. The topological polar surface area (TPSA) is 87.5 Å². The van der Waals surface area contributed by atoms with Gasteiger partial charge in [-0.05, 0) is 44.4 Å². The maximum atomic E-state index is 13.4. The number of carbonyl (C=O) groups excluding carboxylic acids is 2. The van der Waals surface area contributed by atoms with E-state index in [0.717, 1.165) is 44.5 Å². The second-order valence-corrected chi connectivity index (χ2v) is 10.8. The molecule has 1 N–H and O–H groups in total. The molecule has 1 saturated carbocycles. The normalized spacial score (nSPS) is 17.8. The van der Waals surface area contributed by atoms with Crippen LogP contribution in [0.3, 0.4) is 0 Å². The first-order valence-electron chi connectivity index (χ1n) is 12.8. The fourth-order valence-electron chi connectivity index (χ4n) is 5.26. The molecule has 1 unspecified atom stereocenters. The predicted molar refractivity (Wildman–Crippen MR) is 143 cm³/mol. The van der Waals surface area contributed by atoms with E-state index >= 15 is 0 Å². The Hall–Kier alpha value is -3.20. The quantitative estimate of drug-likeness (QED) is 0.569. The van der Waals surface area contributed by atoms with Gasteiger partial charge in [0.15, 0.2) is 0 Å². The molecule has 5 rings (SSSR count). The molecule has 2 aromatic heterocycles. The molecule has 3 heterocycles. The van der Waals surface area contributed by atoms with Crippen molar-refractivity contribution in [1.82, 2.24) is 19.8 Å². The molecule has 1 aliphatic carbocycles. The molecule has 1 aromatic carbocycles. The third kappa shape index (κ3) is 4.76. The van der Waals surface area contributed by atoms with E-state index in [2.05, 4.69) is 27.3 Å². The van der Waals surface area contributed by atoms with Gasteiger partial charge in [0, 0.05) is 37.9 Å². The number of anilines is 1. The van der Waals surface area contributed by atoms with E-state index in [-0.39, 0.29) is 23.4 Å². The van der Waals surface area contributed by atoms with Crippen molar-refractivity contribution in [3.8, 4) is 0 Å². The lowest BCUT2D eigenvalue weighted by molar-refractivity contribution is -0.124. The molecule has 1 saturated heterocycles. The molecule has 9 heteroatoms. The number of nitrogens with one attached hydrogen (secondary N) is 1. The average Bonchev–Trinajstić information content (AvgIpc) is 3.26. The number of thiophene rings is 1. The van der Waals surface area contributed by atoms with Crippen LogP contribution >= 0.6 is 11.3 Å².